The molecule has 2 heterocycles. The zero-order valence-corrected chi connectivity index (χ0v) is 25.2. The fourth-order valence-electron chi connectivity index (χ4n) is 5.68. The average molecular weight is 596 g/mol. The number of hydrogen-bond acceptors (Lipinski definition) is 11. The second-order valence-corrected chi connectivity index (χ2v) is 10.4. The molecular formula is C31H37N3O9. The first-order valence-electron chi connectivity index (χ1n) is 13.8. The third-order valence-corrected chi connectivity index (χ3v) is 7.74. The van der Waals surface area contributed by atoms with Gasteiger partial charge in [0, 0.05) is 43.2 Å². The smallest absolute Gasteiger partial charge is 0.337 e. The van der Waals surface area contributed by atoms with E-state index in [4.69, 9.17) is 23.7 Å². The van der Waals surface area contributed by atoms with Crippen LogP contribution < -0.4 is 19.5 Å². The van der Waals surface area contributed by atoms with Crippen molar-refractivity contribution in [3.05, 3.63) is 80.2 Å². The van der Waals surface area contributed by atoms with Crippen molar-refractivity contribution < 1.29 is 38.2 Å². The Labute approximate surface area is 250 Å². The molecule has 1 atom stereocenters. The van der Waals surface area contributed by atoms with Crippen molar-refractivity contribution >= 4 is 17.6 Å². The Bertz CT molecular complexity index is 1430. The zero-order valence-electron chi connectivity index (χ0n) is 25.2. The molecule has 43 heavy (non-hydrogen) atoms. The van der Waals surface area contributed by atoms with Gasteiger partial charge in [-0.15, -0.1) is 0 Å². The van der Waals surface area contributed by atoms with Gasteiger partial charge in [-0.2, -0.15) is 0 Å². The fraction of sp³-hybridized carbons (Fsp3) is 0.419. The molecule has 0 radical (unpaired) electrons. The second kappa shape index (κ2) is 13.6. The lowest BCUT2D eigenvalue weighted by Crippen LogP contribution is -2.39. The van der Waals surface area contributed by atoms with Crippen LogP contribution in [0.5, 0.6) is 17.2 Å². The first-order chi connectivity index (χ1) is 20.6. The van der Waals surface area contributed by atoms with Crippen LogP contribution in [0, 0.1) is 10.1 Å². The van der Waals surface area contributed by atoms with Gasteiger partial charge in [-0.05, 0) is 49.9 Å². The van der Waals surface area contributed by atoms with E-state index >= 15 is 0 Å². The summed E-state index contributed by atoms with van der Waals surface area (Å²) in [4.78, 5) is 39.9. The number of allylic oxidation sites excluding steroid dienone is 2. The number of nitrogens with zero attached hydrogens (tertiary/aromatic N) is 2. The number of carbonyl (C=O) groups excluding carboxylic acids is 2. The third kappa shape index (κ3) is 6.75. The molecule has 0 aliphatic carbocycles. The Hall–Kier alpha value is -4.58. The minimum absolute atomic E-state index is 0.150. The average Bonchev–Trinajstić information content (AvgIpc) is 3.00. The van der Waals surface area contributed by atoms with Crippen LogP contribution in [0.2, 0.25) is 0 Å². The van der Waals surface area contributed by atoms with E-state index in [1.54, 1.807) is 41.2 Å². The minimum atomic E-state index is -0.902. The maximum atomic E-state index is 13.7. The van der Waals surface area contributed by atoms with Gasteiger partial charge in [0.15, 0.2) is 11.5 Å². The van der Waals surface area contributed by atoms with E-state index in [2.05, 4.69) is 10.2 Å². The van der Waals surface area contributed by atoms with Crippen molar-refractivity contribution in [1.82, 2.24) is 10.2 Å². The topological polar surface area (TPSA) is 139 Å². The summed E-state index contributed by atoms with van der Waals surface area (Å²) in [5.41, 5.74) is 2.68. The summed E-state index contributed by atoms with van der Waals surface area (Å²) in [6.45, 7) is 5.44. The maximum Gasteiger partial charge on any atom is 0.337 e. The number of non-ortho nitro benzene ring substituents is 1. The molecule has 12 heteroatoms. The van der Waals surface area contributed by atoms with Crippen LogP contribution in [-0.4, -0.2) is 69.4 Å². The standard InChI is InChI=1S/C31H37N3O9/c1-18-26(30(35)42-6)28(21-8-7-9-22(16-21)34(37)38)27(19(2)32-18)31(36)43-23-10-12-33(13-11-23)17-20-14-24(39-3)29(41-5)25(15-20)40-4/h7-9,14-16,23,28,32H,10-13,17H2,1-6H3. The number of hydrogen-bond donors (Lipinski definition) is 1. The molecule has 2 aliphatic heterocycles. The molecule has 1 fully saturated rings. The number of likely N-dealkylation sites (tertiary alicyclic amines) is 1. The number of methoxy groups -OCH3 is 4. The van der Waals surface area contributed by atoms with E-state index in [0.717, 1.165) is 5.56 Å². The summed E-state index contributed by atoms with van der Waals surface area (Å²) in [6.07, 6.45) is 0.870. The molecule has 0 spiro atoms. The van der Waals surface area contributed by atoms with Crippen molar-refractivity contribution in [3.63, 3.8) is 0 Å². The number of benzene rings is 2. The molecule has 0 saturated carbocycles. The molecule has 230 valence electrons. The van der Waals surface area contributed by atoms with Crippen LogP contribution in [0.15, 0.2) is 58.9 Å². The van der Waals surface area contributed by atoms with E-state index in [-0.39, 0.29) is 22.9 Å². The van der Waals surface area contributed by atoms with Gasteiger partial charge < -0.3 is 29.0 Å². The Balaban J connectivity index is 1.51. The molecule has 1 saturated heterocycles. The number of dihydropyridines is 1. The maximum absolute atomic E-state index is 13.7. The number of rotatable bonds is 10. The first-order valence-corrected chi connectivity index (χ1v) is 13.8. The molecule has 1 unspecified atom stereocenters. The lowest BCUT2D eigenvalue weighted by molar-refractivity contribution is -0.384. The molecule has 2 aromatic carbocycles. The molecule has 0 amide bonds. The van der Waals surface area contributed by atoms with Crippen LogP contribution >= 0.6 is 0 Å². The molecule has 2 aromatic rings. The Morgan fingerprint density at radius 2 is 1.53 bits per heavy atom. The first kappa shape index (κ1) is 31.4. The quantitative estimate of drug-likeness (QED) is 0.240. The Morgan fingerprint density at radius 3 is 2.07 bits per heavy atom. The van der Waals surface area contributed by atoms with Crippen LogP contribution in [0.3, 0.4) is 0 Å². The lowest BCUT2D eigenvalue weighted by Gasteiger charge is -2.34. The molecule has 1 N–H and O–H groups in total. The van der Waals surface area contributed by atoms with Crippen molar-refractivity contribution in [2.45, 2.75) is 45.3 Å². The molecule has 4 rings (SSSR count). The van der Waals surface area contributed by atoms with Crippen molar-refractivity contribution in [2.75, 3.05) is 41.5 Å². The molecule has 2 aliphatic rings. The summed E-state index contributed by atoms with van der Waals surface area (Å²) in [5, 5.41) is 14.6. The number of carbonyl (C=O) groups is 2. The number of esters is 2. The van der Waals surface area contributed by atoms with Gasteiger partial charge >= 0.3 is 11.9 Å². The summed E-state index contributed by atoms with van der Waals surface area (Å²) < 4.78 is 27.4. The monoisotopic (exact) mass is 595 g/mol. The van der Waals surface area contributed by atoms with Crippen molar-refractivity contribution in [2.24, 2.45) is 0 Å². The Morgan fingerprint density at radius 1 is 0.930 bits per heavy atom. The third-order valence-electron chi connectivity index (χ3n) is 7.74. The van der Waals surface area contributed by atoms with Crippen molar-refractivity contribution in [1.29, 1.82) is 0 Å². The number of nitro groups is 1. The van der Waals surface area contributed by atoms with Crippen LogP contribution in [0.1, 0.15) is 43.7 Å². The molecule has 0 bridgehead atoms. The van der Waals surface area contributed by atoms with Crippen LogP contribution in [0.25, 0.3) is 0 Å². The molecule has 12 nitrogen and oxygen atoms in total. The van der Waals surface area contributed by atoms with E-state index in [9.17, 15) is 19.7 Å². The number of piperidine rings is 1. The van der Waals surface area contributed by atoms with Gasteiger partial charge in [0.2, 0.25) is 5.75 Å². The van der Waals surface area contributed by atoms with Gasteiger partial charge in [-0.25, -0.2) is 9.59 Å². The highest BCUT2D eigenvalue weighted by Crippen LogP contribution is 2.41. The Kier molecular flexibility index (Phi) is 9.92. The highest BCUT2D eigenvalue weighted by atomic mass is 16.6. The van der Waals surface area contributed by atoms with E-state index in [1.165, 1.54) is 25.3 Å². The van der Waals surface area contributed by atoms with Crippen LogP contribution in [-0.2, 0) is 25.6 Å². The molecule has 0 aromatic heterocycles. The van der Waals surface area contributed by atoms with E-state index < -0.39 is 22.8 Å². The summed E-state index contributed by atoms with van der Waals surface area (Å²) in [6, 6.07) is 9.75. The van der Waals surface area contributed by atoms with Gasteiger partial charge in [0.05, 0.1) is 50.4 Å². The summed E-state index contributed by atoms with van der Waals surface area (Å²) in [7, 11) is 5.97. The fourth-order valence-corrected chi connectivity index (χ4v) is 5.68. The second-order valence-electron chi connectivity index (χ2n) is 10.4. The van der Waals surface area contributed by atoms with Gasteiger partial charge in [-0.1, -0.05) is 12.1 Å². The zero-order chi connectivity index (χ0) is 31.3. The SMILES string of the molecule is COC(=O)C1=C(C)NC(C)=C(C(=O)OC2CCN(Cc3cc(OC)c(OC)c(OC)c3)CC2)C1c1cccc([N+](=O)[O-])c1. The van der Waals surface area contributed by atoms with Gasteiger partial charge in [-0.3, -0.25) is 15.0 Å². The lowest BCUT2D eigenvalue weighted by atomic mass is 9.80. The minimum Gasteiger partial charge on any atom is -0.493 e. The number of nitro benzene ring substituents is 1. The van der Waals surface area contributed by atoms with E-state index in [0.29, 0.717) is 66.7 Å². The molecular weight excluding hydrogens is 558 g/mol. The predicted octanol–water partition coefficient (Wildman–Crippen LogP) is 4.24. The van der Waals surface area contributed by atoms with E-state index in [1.807, 2.05) is 12.1 Å². The summed E-state index contributed by atoms with van der Waals surface area (Å²) in [5.74, 6) is -0.428. The largest absolute Gasteiger partial charge is 0.493 e. The normalized spacial score (nSPS) is 17.7. The van der Waals surface area contributed by atoms with Crippen molar-refractivity contribution in [3.8, 4) is 17.2 Å². The van der Waals surface area contributed by atoms with Gasteiger partial charge in [0.25, 0.3) is 5.69 Å². The highest BCUT2D eigenvalue weighted by Gasteiger charge is 2.39. The number of nitrogens with one attached hydrogen (secondary N) is 1. The summed E-state index contributed by atoms with van der Waals surface area (Å²) >= 11 is 0. The highest BCUT2D eigenvalue weighted by molar-refractivity contribution is 6.00. The number of ether oxygens (including phenoxy) is 5. The van der Waals surface area contributed by atoms with Gasteiger partial charge in [0.1, 0.15) is 6.10 Å². The van der Waals surface area contributed by atoms with Crippen LogP contribution in [0.4, 0.5) is 5.69 Å². The predicted molar refractivity (Wildman–Crippen MR) is 157 cm³/mol.